The molecule has 2 aromatic rings. The van der Waals surface area contributed by atoms with Gasteiger partial charge in [-0.05, 0) is 19.4 Å². The maximum Gasteiger partial charge on any atom is 0.125 e. The first-order chi connectivity index (χ1) is 6.77. The van der Waals surface area contributed by atoms with Crippen molar-refractivity contribution in [3.8, 4) is 11.4 Å². The fourth-order valence-corrected chi connectivity index (χ4v) is 1.21. The zero-order chi connectivity index (χ0) is 9.97. The van der Waals surface area contributed by atoms with Crippen LogP contribution >= 0.6 is 0 Å². The molecule has 0 aliphatic carbocycles. The summed E-state index contributed by atoms with van der Waals surface area (Å²) in [7, 11) is 0. The fraction of sp³-hybridized carbons (Fsp3) is 0.200. The summed E-state index contributed by atoms with van der Waals surface area (Å²) >= 11 is 0. The minimum Gasteiger partial charge on any atom is -0.261 e. The zero-order valence-electron chi connectivity index (χ0n) is 8.10. The van der Waals surface area contributed by atoms with Crippen LogP contribution in [0.2, 0.25) is 0 Å². The largest absolute Gasteiger partial charge is 0.261 e. The first-order valence-corrected chi connectivity index (χ1v) is 4.34. The molecule has 0 amide bonds. The van der Waals surface area contributed by atoms with E-state index in [2.05, 4.69) is 19.9 Å². The molecular formula is C10H10N4. The smallest absolute Gasteiger partial charge is 0.125 e. The van der Waals surface area contributed by atoms with Gasteiger partial charge in [0, 0.05) is 18.6 Å². The first-order valence-electron chi connectivity index (χ1n) is 4.34. The second kappa shape index (κ2) is 3.49. The number of hydrogen-bond acceptors (Lipinski definition) is 4. The third-order valence-electron chi connectivity index (χ3n) is 1.90. The molecule has 0 saturated carbocycles. The van der Waals surface area contributed by atoms with Gasteiger partial charge in [-0.1, -0.05) is 0 Å². The van der Waals surface area contributed by atoms with Crippen LogP contribution in [0.25, 0.3) is 11.4 Å². The number of hydrogen-bond donors (Lipinski definition) is 0. The average molecular weight is 186 g/mol. The van der Waals surface area contributed by atoms with Gasteiger partial charge in [-0.3, -0.25) is 9.97 Å². The maximum atomic E-state index is 4.33. The van der Waals surface area contributed by atoms with Gasteiger partial charge in [-0.15, -0.1) is 0 Å². The second-order valence-electron chi connectivity index (χ2n) is 3.04. The van der Waals surface area contributed by atoms with Crippen LogP contribution in [0.3, 0.4) is 0 Å². The molecule has 0 spiro atoms. The highest BCUT2D eigenvalue weighted by molar-refractivity contribution is 5.56. The average Bonchev–Trinajstić information content (AvgIpc) is 2.23. The lowest BCUT2D eigenvalue weighted by molar-refractivity contribution is 1.02. The van der Waals surface area contributed by atoms with Gasteiger partial charge in [0.2, 0.25) is 0 Å². The van der Waals surface area contributed by atoms with Crippen molar-refractivity contribution in [2.45, 2.75) is 13.8 Å². The number of nitrogens with zero attached hydrogens (tertiary/aromatic N) is 4. The Morgan fingerprint density at radius 3 is 2.57 bits per heavy atom. The Hall–Kier alpha value is -1.84. The van der Waals surface area contributed by atoms with E-state index < -0.39 is 0 Å². The van der Waals surface area contributed by atoms with E-state index in [1.54, 1.807) is 24.8 Å². The summed E-state index contributed by atoms with van der Waals surface area (Å²) in [4.78, 5) is 16.6. The summed E-state index contributed by atoms with van der Waals surface area (Å²) in [5.41, 5.74) is 2.65. The zero-order valence-corrected chi connectivity index (χ0v) is 8.10. The number of aromatic nitrogens is 4. The van der Waals surface area contributed by atoms with E-state index >= 15 is 0 Å². The quantitative estimate of drug-likeness (QED) is 0.678. The minimum atomic E-state index is 0.747. The lowest BCUT2D eigenvalue weighted by atomic mass is 10.2. The van der Waals surface area contributed by atoms with Crippen molar-refractivity contribution in [1.29, 1.82) is 0 Å². The highest BCUT2D eigenvalue weighted by atomic mass is 14.9. The van der Waals surface area contributed by atoms with Crippen LogP contribution < -0.4 is 0 Å². The standard InChI is InChI=1S/C10H10N4/c1-7-5-13-8(2)14-10(7)9-6-11-3-4-12-9/h3-6H,1-2H3. The van der Waals surface area contributed by atoms with Crippen LogP contribution in [0.15, 0.2) is 24.8 Å². The summed E-state index contributed by atoms with van der Waals surface area (Å²) in [5.74, 6) is 0.747. The van der Waals surface area contributed by atoms with Crippen LogP contribution in [-0.2, 0) is 0 Å². The molecular weight excluding hydrogens is 176 g/mol. The summed E-state index contributed by atoms with van der Waals surface area (Å²) in [6, 6.07) is 0. The van der Waals surface area contributed by atoms with E-state index in [0.29, 0.717) is 0 Å². The van der Waals surface area contributed by atoms with E-state index in [0.717, 1.165) is 22.8 Å². The van der Waals surface area contributed by atoms with Gasteiger partial charge in [-0.2, -0.15) is 0 Å². The van der Waals surface area contributed by atoms with E-state index in [9.17, 15) is 0 Å². The Morgan fingerprint density at radius 2 is 1.86 bits per heavy atom. The third-order valence-corrected chi connectivity index (χ3v) is 1.90. The Kier molecular flexibility index (Phi) is 2.18. The first kappa shape index (κ1) is 8.74. The van der Waals surface area contributed by atoms with Crippen molar-refractivity contribution >= 4 is 0 Å². The molecule has 0 aromatic carbocycles. The molecule has 4 heteroatoms. The van der Waals surface area contributed by atoms with E-state index in [1.165, 1.54) is 0 Å². The van der Waals surface area contributed by atoms with E-state index in [-0.39, 0.29) is 0 Å². The Bertz CT molecular complexity index is 439. The SMILES string of the molecule is Cc1ncc(C)c(-c2cnccn2)n1. The molecule has 14 heavy (non-hydrogen) atoms. The van der Waals surface area contributed by atoms with Crippen LogP contribution in [0.5, 0.6) is 0 Å². The highest BCUT2D eigenvalue weighted by Gasteiger charge is 2.05. The predicted octanol–water partition coefficient (Wildman–Crippen LogP) is 1.55. The Morgan fingerprint density at radius 1 is 1.00 bits per heavy atom. The normalized spacial score (nSPS) is 10.1. The molecule has 0 saturated heterocycles. The van der Waals surface area contributed by atoms with Gasteiger partial charge in [0.1, 0.15) is 11.5 Å². The molecule has 2 heterocycles. The molecule has 0 fully saturated rings. The molecule has 2 rings (SSSR count). The Balaban J connectivity index is 2.57. The minimum absolute atomic E-state index is 0.747. The van der Waals surface area contributed by atoms with Crippen molar-refractivity contribution in [1.82, 2.24) is 19.9 Å². The maximum absolute atomic E-state index is 4.33. The van der Waals surface area contributed by atoms with Crippen molar-refractivity contribution in [3.05, 3.63) is 36.2 Å². The van der Waals surface area contributed by atoms with Crippen molar-refractivity contribution in [2.75, 3.05) is 0 Å². The topological polar surface area (TPSA) is 51.6 Å². The predicted molar refractivity (Wildman–Crippen MR) is 52.5 cm³/mol. The second-order valence-corrected chi connectivity index (χ2v) is 3.04. The van der Waals surface area contributed by atoms with Crippen LogP contribution in [-0.4, -0.2) is 19.9 Å². The van der Waals surface area contributed by atoms with Crippen LogP contribution in [0.1, 0.15) is 11.4 Å². The summed E-state index contributed by atoms with van der Waals surface area (Å²) in [5, 5.41) is 0. The Labute approximate surface area is 82.1 Å². The molecule has 4 nitrogen and oxygen atoms in total. The molecule has 0 N–H and O–H groups in total. The van der Waals surface area contributed by atoms with Gasteiger partial charge in [0.05, 0.1) is 11.9 Å². The van der Waals surface area contributed by atoms with Crippen LogP contribution in [0.4, 0.5) is 0 Å². The number of aryl methyl sites for hydroxylation is 2. The lowest BCUT2D eigenvalue weighted by Gasteiger charge is -2.03. The van der Waals surface area contributed by atoms with Crippen LogP contribution in [0, 0.1) is 13.8 Å². The molecule has 2 aromatic heterocycles. The molecule has 0 bridgehead atoms. The van der Waals surface area contributed by atoms with Gasteiger partial charge >= 0.3 is 0 Å². The van der Waals surface area contributed by atoms with Gasteiger partial charge < -0.3 is 0 Å². The lowest BCUT2D eigenvalue weighted by Crippen LogP contribution is -1.96. The molecule has 0 atom stereocenters. The van der Waals surface area contributed by atoms with E-state index in [1.807, 2.05) is 13.8 Å². The number of rotatable bonds is 1. The van der Waals surface area contributed by atoms with Crippen molar-refractivity contribution in [3.63, 3.8) is 0 Å². The van der Waals surface area contributed by atoms with E-state index in [4.69, 9.17) is 0 Å². The van der Waals surface area contributed by atoms with Crippen molar-refractivity contribution in [2.24, 2.45) is 0 Å². The molecule has 0 aliphatic heterocycles. The van der Waals surface area contributed by atoms with Gasteiger partial charge in [0.25, 0.3) is 0 Å². The highest BCUT2D eigenvalue weighted by Crippen LogP contribution is 2.16. The third kappa shape index (κ3) is 1.59. The van der Waals surface area contributed by atoms with Crippen molar-refractivity contribution < 1.29 is 0 Å². The van der Waals surface area contributed by atoms with Gasteiger partial charge in [0.15, 0.2) is 0 Å². The summed E-state index contributed by atoms with van der Waals surface area (Å²) in [6.07, 6.45) is 6.81. The molecule has 70 valence electrons. The van der Waals surface area contributed by atoms with Gasteiger partial charge in [-0.25, -0.2) is 9.97 Å². The molecule has 0 unspecified atom stereocenters. The summed E-state index contributed by atoms with van der Waals surface area (Å²) in [6.45, 7) is 3.82. The summed E-state index contributed by atoms with van der Waals surface area (Å²) < 4.78 is 0. The molecule has 0 radical (unpaired) electrons. The molecule has 0 aliphatic rings. The fourth-order valence-electron chi connectivity index (χ4n) is 1.21. The monoisotopic (exact) mass is 186 g/mol.